The second-order valence-electron chi connectivity index (χ2n) is 3.31. The van der Waals surface area contributed by atoms with E-state index in [0.717, 1.165) is 0 Å². The van der Waals surface area contributed by atoms with Crippen LogP contribution >= 0.6 is 0 Å². The Hall–Kier alpha value is -1.92. The van der Waals surface area contributed by atoms with Crippen LogP contribution in [0.1, 0.15) is 11.6 Å². The number of phenols is 1. The molecule has 0 fully saturated rings. The van der Waals surface area contributed by atoms with E-state index in [-0.39, 0.29) is 17.0 Å². The Morgan fingerprint density at radius 2 is 2.00 bits per heavy atom. The number of alkyl halides is 3. The molecule has 0 radical (unpaired) electrons. The summed E-state index contributed by atoms with van der Waals surface area (Å²) in [4.78, 5) is 11.0. The summed E-state index contributed by atoms with van der Waals surface area (Å²) < 4.78 is 37.8. The molecule has 1 heterocycles. The predicted octanol–water partition coefficient (Wildman–Crippen LogP) is 2.13. The average molecular weight is 232 g/mol. The van der Waals surface area contributed by atoms with Crippen molar-refractivity contribution in [1.82, 2.24) is 5.32 Å². The number of nitrogens with one attached hydrogen (secondary N) is 2. The van der Waals surface area contributed by atoms with Crippen LogP contribution < -0.4 is 10.6 Å². The quantitative estimate of drug-likeness (QED) is 0.600. The van der Waals surface area contributed by atoms with Crippen LogP contribution in [0.25, 0.3) is 0 Å². The Balaban J connectivity index is 2.55. The number of aromatic hydroxyl groups is 1. The van der Waals surface area contributed by atoms with Gasteiger partial charge in [0.1, 0.15) is 5.75 Å². The number of amides is 2. The van der Waals surface area contributed by atoms with Gasteiger partial charge in [-0.15, -0.1) is 0 Å². The van der Waals surface area contributed by atoms with Crippen LogP contribution in [0, 0.1) is 0 Å². The topological polar surface area (TPSA) is 61.4 Å². The third-order valence-corrected chi connectivity index (χ3v) is 2.23. The van der Waals surface area contributed by atoms with E-state index < -0.39 is 18.2 Å². The number of rotatable bonds is 0. The maximum Gasteiger partial charge on any atom is 0.413 e. The van der Waals surface area contributed by atoms with Crippen LogP contribution in [0.3, 0.4) is 0 Å². The fraction of sp³-hybridized carbons (Fsp3) is 0.222. The Labute approximate surface area is 88.1 Å². The van der Waals surface area contributed by atoms with Crippen molar-refractivity contribution >= 4 is 11.7 Å². The van der Waals surface area contributed by atoms with Gasteiger partial charge in [-0.2, -0.15) is 13.2 Å². The van der Waals surface area contributed by atoms with Gasteiger partial charge < -0.3 is 15.7 Å². The van der Waals surface area contributed by atoms with Crippen LogP contribution in [-0.4, -0.2) is 17.3 Å². The summed E-state index contributed by atoms with van der Waals surface area (Å²) in [6.07, 6.45) is -4.60. The Kier molecular flexibility index (Phi) is 2.18. The maximum atomic E-state index is 12.6. The standard InChI is InChI=1S/C9H7F3N2O2/c10-9(11,12)7-4-2-1-3-5(15)6(4)13-8(16)14-7/h1-3,7,15H,(H2,13,14,16). The first kappa shape index (κ1) is 10.6. The fourth-order valence-corrected chi connectivity index (χ4v) is 1.55. The van der Waals surface area contributed by atoms with Gasteiger partial charge >= 0.3 is 12.2 Å². The molecule has 86 valence electrons. The minimum absolute atomic E-state index is 0.200. The van der Waals surface area contributed by atoms with Crippen LogP contribution in [0.15, 0.2) is 18.2 Å². The zero-order valence-electron chi connectivity index (χ0n) is 7.80. The molecule has 1 aromatic rings. The lowest BCUT2D eigenvalue weighted by molar-refractivity contribution is -0.155. The van der Waals surface area contributed by atoms with Crippen molar-refractivity contribution in [2.24, 2.45) is 0 Å². The van der Waals surface area contributed by atoms with E-state index >= 15 is 0 Å². The number of phenolic OH excluding ortho intramolecular Hbond substituents is 1. The van der Waals surface area contributed by atoms with Crippen LogP contribution in [0.5, 0.6) is 5.75 Å². The number of hydrogen-bond donors (Lipinski definition) is 3. The molecule has 16 heavy (non-hydrogen) atoms. The van der Waals surface area contributed by atoms with Crippen molar-refractivity contribution in [3.63, 3.8) is 0 Å². The van der Waals surface area contributed by atoms with Crippen molar-refractivity contribution in [2.75, 3.05) is 5.32 Å². The highest BCUT2D eigenvalue weighted by molar-refractivity contribution is 5.94. The first-order valence-electron chi connectivity index (χ1n) is 4.35. The maximum absolute atomic E-state index is 12.6. The number of fused-ring (bicyclic) bond motifs is 1. The molecule has 7 heteroatoms. The molecule has 0 bridgehead atoms. The zero-order valence-corrected chi connectivity index (χ0v) is 7.80. The van der Waals surface area contributed by atoms with Crippen molar-refractivity contribution in [1.29, 1.82) is 0 Å². The molecular weight excluding hydrogens is 225 g/mol. The van der Waals surface area contributed by atoms with Gasteiger partial charge in [-0.05, 0) is 6.07 Å². The highest BCUT2D eigenvalue weighted by Crippen LogP contribution is 2.41. The molecule has 1 aliphatic rings. The number of urea groups is 1. The highest BCUT2D eigenvalue weighted by Gasteiger charge is 2.45. The molecular formula is C9H7F3N2O2. The molecule has 0 saturated carbocycles. The van der Waals surface area contributed by atoms with E-state index in [1.54, 1.807) is 5.32 Å². The van der Waals surface area contributed by atoms with Gasteiger partial charge in [0.25, 0.3) is 0 Å². The van der Waals surface area contributed by atoms with E-state index in [1.165, 1.54) is 18.2 Å². The minimum Gasteiger partial charge on any atom is -0.506 e. The summed E-state index contributed by atoms with van der Waals surface area (Å²) in [5, 5.41) is 13.2. The lowest BCUT2D eigenvalue weighted by Gasteiger charge is -2.29. The number of halogens is 3. The number of carbonyl (C=O) groups is 1. The number of carbonyl (C=O) groups excluding carboxylic acids is 1. The third kappa shape index (κ3) is 1.64. The van der Waals surface area contributed by atoms with Crippen LogP contribution in [-0.2, 0) is 0 Å². The smallest absolute Gasteiger partial charge is 0.413 e. The molecule has 0 spiro atoms. The third-order valence-electron chi connectivity index (χ3n) is 2.23. The molecule has 1 atom stereocenters. The molecule has 0 saturated heterocycles. The van der Waals surface area contributed by atoms with Crippen LogP contribution in [0.4, 0.5) is 23.7 Å². The summed E-state index contributed by atoms with van der Waals surface area (Å²) in [5.41, 5.74) is -0.402. The molecule has 2 amide bonds. The molecule has 0 aromatic heterocycles. The number of para-hydroxylation sites is 1. The van der Waals surface area contributed by atoms with Gasteiger partial charge in [0, 0.05) is 5.56 Å². The van der Waals surface area contributed by atoms with Gasteiger partial charge in [0.2, 0.25) is 0 Å². The van der Waals surface area contributed by atoms with Gasteiger partial charge in [0.15, 0.2) is 6.04 Å². The summed E-state index contributed by atoms with van der Waals surface area (Å²) in [6.45, 7) is 0. The number of benzene rings is 1. The fourth-order valence-electron chi connectivity index (χ4n) is 1.55. The summed E-state index contributed by atoms with van der Waals surface area (Å²) >= 11 is 0. The molecule has 2 rings (SSSR count). The van der Waals surface area contributed by atoms with Crippen molar-refractivity contribution in [3.8, 4) is 5.75 Å². The average Bonchev–Trinajstić information content (AvgIpc) is 2.17. The van der Waals surface area contributed by atoms with Crippen molar-refractivity contribution in [2.45, 2.75) is 12.2 Å². The van der Waals surface area contributed by atoms with Gasteiger partial charge in [-0.25, -0.2) is 4.79 Å². The van der Waals surface area contributed by atoms with Gasteiger partial charge in [-0.1, -0.05) is 12.1 Å². The van der Waals surface area contributed by atoms with E-state index in [1.807, 2.05) is 0 Å². The summed E-state index contributed by atoms with van der Waals surface area (Å²) in [6, 6.07) is 0.600. The largest absolute Gasteiger partial charge is 0.506 e. The van der Waals surface area contributed by atoms with Gasteiger partial charge in [-0.3, -0.25) is 0 Å². The first-order chi connectivity index (χ1) is 7.39. The summed E-state index contributed by atoms with van der Waals surface area (Å²) in [5.74, 6) is -0.387. The lowest BCUT2D eigenvalue weighted by atomic mass is 10.0. The van der Waals surface area contributed by atoms with Crippen molar-refractivity contribution < 1.29 is 23.1 Å². The van der Waals surface area contributed by atoms with E-state index in [9.17, 15) is 23.1 Å². The molecule has 3 N–H and O–H groups in total. The monoisotopic (exact) mass is 232 g/mol. The highest BCUT2D eigenvalue weighted by atomic mass is 19.4. The Morgan fingerprint density at radius 1 is 1.31 bits per heavy atom. The number of anilines is 1. The normalized spacial score (nSPS) is 19.7. The van der Waals surface area contributed by atoms with Crippen LogP contribution in [0.2, 0.25) is 0 Å². The second-order valence-corrected chi connectivity index (χ2v) is 3.31. The Morgan fingerprint density at radius 3 is 2.62 bits per heavy atom. The molecule has 4 nitrogen and oxygen atoms in total. The molecule has 1 aliphatic heterocycles. The number of hydrogen-bond acceptors (Lipinski definition) is 2. The Bertz CT molecular complexity index is 445. The minimum atomic E-state index is -4.60. The SMILES string of the molecule is O=C1Nc2c(O)cccc2C(C(F)(F)F)N1. The van der Waals surface area contributed by atoms with E-state index in [4.69, 9.17) is 0 Å². The zero-order chi connectivity index (χ0) is 11.9. The molecule has 0 aliphatic carbocycles. The van der Waals surface area contributed by atoms with E-state index in [2.05, 4.69) is 5.32 Å². The summed E-state index contributed by atoms with van der Waals surface area (Å²) in [7, 11) is 0. The first-order valence-corrected chi connectivity index (χ1v) is 4.35. The lowest BCUT2D eigenvalue weighted by Crippen LogP contribution is -2.44. The molecule has 1 aromatic carbocycles. The van der Waals surface area contributed by atoms with Crippen molar-refractivity contribution in [3.05, 3.63) is 23.8 Å². The predicted molar refractivity (Wildman–Crippen MR) is 49.1 cm³/mol. The second kappa shape index (κ2) is 3.29. The van der Waals surface area contributed by atoms with Gasteiger partial charge in [0.05, 0.1) is 5.69 Å². The molecule has 1 unspecified atom stereocenters. The van der Waals surface area contributed by atoms with E-state index in [0.29, 0.717) is 0 Å².